The second kappa shape index (κ2) is 13.4. The van der Waals surface area contributed by atoms with Crippen molar-refractivity contribution in [1.82, 2.24) is 10.2 Å². The van der Waals surface area contributed by atoms with Crippen LogP contribution in [0.4, 0.5) is 0 Å². The third kappa shape index (κ3) is 10.1. The number of ether oxygens (including phenoxy) is 2. The Morgan fingerprint density at radius 1 is 1.36 bits per heavy atom. The van der Waals surface area contributed by atoms with Gasteiger partial charge in [-0.25, -0.2) is 0 Å². The predicted molar refractivity (Wildman–Crippen MR) is 111 cm³/mol. The highest BCUT2D eigenvalue weighted by atomic mass is 127. The smallest absolute Gasteiger partial charge is 0.193 e. The van der Waals surface area contributed by atoms with E-state index in [1.54, 1.807) is 6.26 Å². The molecule has 0 atom stereocenters. The molecule has 1 aromatic heterocycles. The van der Waals surface area contributed by atoms with E-state index in [1.807, 2.05) is 12.1 Å². The monoisotopic (exact) mass is 465 g/mol. The summed E-state index contributed by atoms with van der Waals surface area (Å²) in [6, 6.07) is 3.79. The minimum absolute atomic E-state index is 0. The molecule has 1 N–H and O–H groups in total. The highest BCUT2D eigenvalue weighted by Gasteiger charge is 2.21. The summed E-state index contributed by atoms with van der Waals surface area (Å²) in [6.45, 7) is 7.41. The van der Waals surface area contributed by atoms with Crippen LogP contribution in [0.2, 0.25) is 0 Å². The number of furan rings is 1. The summed E-state index contributed by atoms with van der Waals surface area (Å²) in [6.07, 6.45) is 5.22. The van der Waals surface area contributed by atoms with Gasteiger partial charge in [-0.2, -0.15) is 0 Å². The lowest BCUT2D eigenvalue weighted by atomic mass is 10.4. The Morgan fingerprint density at radius 3 is 2.88 bits per heavy atom. The molecule has 0 bridgehead atoms. The van der Waals surface area contributed by atoms with Crippen molar-refractivity contribution in [1.29, 1.82) is 0 Å². The van der Waals surface area contributed by atoms with Gasteiger partial charge in [0.1, 0.15) is 12.4 Å². The van der Waals surface area contributed by atoms with Crippen molar-refractivity contribution in [2.45, 2.75) is 32.8 Å². The molecule has 144 valence electrons. The first-order valence-corrected chi connectivity index (χ1v) is 8.97. The van der Waals surface area contributed by atoms with E-state index in [9.17, 15) is 0 Å². The number of guanidine groups is 1. The van der Waals surface area contributed by atoms with Crippen molar-refractivity contribution < 1.29 is 13.9 Å². The lowest BCUT2D eigenvalue weighted by molar-refractivity contribution is 0.105. The summed E-state index contributed by atoms with van der Waals surface area (Å²) in [4.78, 5) is 6.77. The van der Waals surface area contributed by atoms with Gasteiger partial charge in [0.2, 0.25) is 0 Å². The molecule has 0 radical (unpaired) electrons. The summed E-state index contributed by atoms with van der Waals surface area (Å²) in [5.41, 5.74) is 0. The molecule has 0 aliphatic heterocycles. The molecule has 1 aliphatic carbocycles. The fourth-order valence-corrected chi connectivity index (χ4v) is 2.23. The van der Waals surface area contributed by atoms with E-state index in [0.29, 0.717) is 13.2 Å². The maximum atomic E-state index is 5.70. The van der Waals surface area contributed by atoms with Gasteiger partial charge in [0, 0.05) is 39.9 Å². The zero-order valence-electron chi connectivity index (χ0n) is 15.4. The largest absolute Gasteiger partial charge is 0.467 e. The highest BCUT2D eigenvalue weighted by molar-refractivity contribution is 14.0. The van der Waals surface area contributed by atoms with E-state index in [4.69, 9.17) is 13.9 Å². The number of halogens is 1. The quantitative estimate of drug-likeness (QED) is 0.223. The number of nitrogens with one attached hydrogen (secondary N) is 1. The molecule has 1 fully saturated rings. The van der Waals surface area contributed by atoms with Crippen LogP contribution >= 0.6 is 24.0 Å². The summed E-state index contributed by atoms with van der Waals surface area (Å²) < 4.78 is 16.5. The summed E-state index contributed by atoms with van der Waals surface area (Å²) in [5, 5.41) is 3.32. The van der Waals surface area contributed by atoms with E-state index in [-0.39, 0.29) is 24.0 Å². The number of likely N-dealkylation sites (N-methyl/N-ethyl adjacent to an activating group) is 1. The molecule has 1 aromatic rings. The van der Waals surface area contributed by atoms with E-state index in [0.717, 1.165) is 56.9 Å². The van der Waals surface area contributed by atoms with Crippen molar-refractivity contribution in [3.8, 4) is 0 Å². The molecule has 2 rings (SSSR count). The first-order chi connectivity index (χ1) is 11.8. The second-order valence-corrected chi connectivity index (χ2v) is 6.16. The van der Waals surface area contributed by atoms with Crippen LogP contribution in [0, 0.1) is 5.92 Å². The van der Waals surface area contributed by atoms with Crippen LogP contribution < -0.4 is 5.32 Å². The average molecular weight is 465 g/mol. The number of rotatable bonds is 12. The molecule has 1 aliphatic rings. The van der Waals surface area contributed by atoms with Crippen molar-refractivity contribution in [3.63, 3.8) is 0 Å². The number of aliphatic imine (C=N–C) groups is 1. The Balaban J connectivity index is 0.00000312. The van der Waals surface area contributed by atoms with Gasteiger partial charge < -0.3 is 24.1 Å². The Kier molecular flexibility index (Phi) is 11.9. The Hall–Kier alpha value is -0.800. The van der Waals surface area contributed by atoms with Crippen LogP contribution in [0.15, 0.2) is 27.8 Å². The molecule has 1 saturated carbocycles. The SMILES string of the molecule is CCNC(=NCCCOCc1ccco1)N(C)CCOCC1CC1.I. The molecule has 0 spiro atoms. The molecule has 1 heterocycles. The normalized spacial score (nSPS) is 14.2. The van der Waals surface area contributed by atoms with E-state index < -0.39 is 0 Å². The fourth-order valence-electron chi connectivity index (χ4n) is 2.23. The molecule has 7 heteroatoms. The first-order valence-electron chi connectivity index (χ1n) is 8.97. The third-order valence-corrected chi connectivity index (χ3v) is 3.85. The van der Waals surface area contributed by atoms with Gasteiger partial charge in [0.25, 0.3) is 0 Å². The van der Waals surface area contributed by atoms with Gasteiger partial charge in [0.05, 0.1) is 12.9 Å². The number of hydrogen-bond acceptors (Lipinski definition) is 4. The van der Waals surface area contributed by atoms with Crippen LogP contribution in [-0.4, -0.2) is 57.4 Å². The lowest BCUT2D eigenvalue weighted by Gasteiger charge is -2.22. The number of nitrogens with zero attached hydrogens (tertiary/aromatic N) is 2. The minimum Gasteiger partial charge on any atom is -0.467 e. The predicted octanol–water partition coefficient (Wildman–Crippen LogP) is 3.13. The van der Waals surface area contributed by atoms with Gasteiger partial charge in [-0.3, -0.25) is 4.99 Å². The molecule has 0 unspecified atom stereocenters. The topological polar surface area (TPSA) is 59.2 Å². The second-order valence-electron chi connectivity index (χ2n) is 6.16. The summed E-state index contributed by atoms with van der Waals surface area (Å²) >= 11 is 0. The summed E-state index contributed by atoms with van der Waals surface area (Å²) in [7, 11) is 2.05. The van der Waals surface area contributed by atoms with Gasteiger partial charge in [0.15, 0.2) is 5.96 Å². The van der Waals surface area contributed by atoms with Crippen LogP contribution in [-0.2, 0) is 16.1 Å². The third-order valence-electron chi connectivity index (χ3n) is 3.85. The first kappa shape index (κ1) is 22.2. The molecule has 6 nitrogen and oxygen atoms in total. The van der Waals surface area contributed by atoms with Gasteiger partial charge in [-0.05, 0) is 44.2 Å². The van der Waals surface area contributed by atoms with Crippen molar-refractivity contribution in [3.05, 3.63) is 24.2 Å². The van der Waals surface area contributed by atoms with Crippen LogP contribution in [0.1, 0.15) is 31.9 Å². The van der Waals surface area contributed by atoms with Gasteiger partial charge in [-0.1, -0.05) is 0 Å². The average Bonchev–Trinajstić information content (AvgIpc) is 3.27. The van der Waals surface area contributed by atoms with Crippen molar-refractivity contribution >= 4 is 29.9 Å². The summed E-state index contributed by atoms with van der Waals surface area (Å²) in [5.74, 6) is 2.61. The molecule has 0 amide bonds. The zero-order chi connectivity index (χ0) is 17.0. The highest BCUT2D eigenvalue weighted by Crippen LogP contribution is 2.28. The lowest BCUT2D eigenvalue weighted by Crippen LogP contribution is -2.40. The minimum atomic E-state index is 0. The Morgan fingerprint density at radius 2 is 2.20 bits per heavy atom. The molecule has 25 heavy (non-hydrogen) atoms. The van der Waals surface area contributed by atoms with E-state index >= 15 is 0 Å². The molecular weight excluding hydrogens is 433 g/mol. The Bertz CT molecular complexity index is 464. The van der Waals surface area contributed by atoms with Crippen LogP contribution in [0.25, 0.3) is 0 Å². The van der Waals surface area contributed by atoms with Gasteiger partial charge in [-0.15, -0.1) is 24.0 Å². The maximum Gasteiger partial charge on any atom is 0.193 e. The molecular formula is C18H32IN3O3. The van der Waals surface area contributed by atoms with Crippen LogP contribution in [0.3, 0.4) is 0 Å². The maximum absolute atomic E-state index is 5.70. The van der Waals surface area contributed by atoms with Crippen molar-refractivity contribution in [2.24, 2.45) is 10.9 Å². The van der Waals surface area contributed by atoms with Crippen molar-refractivity contribution in [2.75, 3.05) is 46.5 Å². The van der Waals surface area contributed by atoms with Gasteiger partial charge >= 0.3 is 0 Å². The molecule has 0 aromatic carbocycles. The number of hydrogen-bond donors (Lipinski definition) is 1. The zero-order valence-corrected chi connectivity index (χ0v) is 17.7. The van der Waals surface area contributed by atoms with E-state index in [2.05, 4.69) is 29.2 Å². The Labute approximate surface area is 168 Å². The van der Waals surface area contributed by atoms with E-state index in [1.165, 1.54) is 12.8 Å². The standard InChI is InChI=1S/C18H31N3O3.HI/c1-3-19-18(21(2)10-13-23-14-16-7-8-16)20-9-5-11-22-15-17-6-4-12-24-17;/h4,6,12,16H,3,5,7-11,13-15H2,1-2H3,(H,19,20);1H. The van der Waals surface area contributed by atoms with Crippen LogP contribution in [0.5, 0.6) is 0 Å². The fraction of sp³-hybridized carbons (Fsp3) is 0.722. The molecule has 0 saturated heterocycles.